The van der Waals surface area contributed by atoms with Crippen LogP contribution in [0, 0.1) is 0 Å². The molecule has 0 aromatic heterocycles. The molecular weight excluding hydrogens is 306 g/mol. The van der Waals surface area contributed by atoms with E-state index in [0.29, 0.717) is 13.2 Å². The predicted octanol–water partition coefficient (Wildman–Crippen LogP) is 4.02. The molecule has 1 heterocycles. The molecule has 1 atom stereocenters. The SMILES string of the molecule is c1ccc(C(c2ccccc2)(c2ccccc2)C2C[N]CCO2)cc1. The van der Waals surface area contributed by atoms with Gasteiger partial charge in [-0.2, -0.15) is 0 Å². The van der Waals surface area contributed by atoms with Crippen molar-refractivity contribution in [2.75, 3.05) is 19.7 Å². The second-order valence-corrected chi connectivity index (χ2v) is 6.40. The topological polar surface area (TPSA) is 23.3 Å². The van der Waals surface area contributed by atoms with Gasteiger partial charge >= 0.3 is 0 Å². The molecule has 1 aliphatic rings. The Morgan fingerprint density at radius 3 is 1.48 bits per heavy atom. The molecule has 0 aliphatic carbocycles. The molecule has 0 spiro atoms. The number of rotatable bonds is 4. The third-order valence-electron chi connectivity index (χ3n) is 5.03. The molecule has 0 saturated carbocycles. The fourth-order valence-electron chi connectivity index (χ4n) is 3.94. The van der Waals surface area contributed by atoms with Crippen LogP contribution >= 0.6 is 0 Å². The van der Waals surface area contributed by atoms with Crippen LogP contribution in [0.5, 0.6) is 0 Å². The van der Waals surface area contributed by atoms with Gasteiger partial charge in [-0.25, -0.2) is 5.32 Å². The number of morpholine rings is 1. The zero-order valence-corrected chi connectivity index (χ0v) is 14.2. The summed E-state index contributed by atoms with van der Waals surface area (Å²) < 4.78 is 6.31. The summed E-state index contributed by atoms with van der Waals surface area (Å²) in [5.74, 6) is 0. The van der Waals surface area contributed by atoms with Crippen molar-refractivity contribution in [2.45, 2.75) is 11.5 Å². The lowest BCUT2D eigenvalue weighted by Gasteiger charge is -2.43. The van der Waals surface area contributed by atoms with Crippen LogP contribution in [0.4, 0.5) is 0 Å². The van der Waals surface area contributed by atoms with E-state index in [-0.39, 0.29) is 11.5 Å². The van der Waals surface area contributed by atoms with Crippen molar-refractivity contribution < 1.29 is 4.74 Å². The number of hydrogen-bond acceptors (Lipinski definition) is 1. The number of ether oxygens (including phenoxy) is 1. The highest BCUT2D eigenvalue weighted by molar-refractivity contribution is 5.52. The molecule has 3 aromatic carbocycles. The van der Waals surface area contributed by atoms with Crippen molar-refractivity contribution in [3.8, 4) is 0 Å². The van der Waals surface area contributed by atoms with Crippen LogP contribution in [0.15, 0.2) is 91.0 Å². The first-order valence-electron chi connectivity index (χ1n) is 8.84. The largest absolute Gasteiger partial charge is 0.374 e. The molecule has 0 N–H and O–H groups in total. The van der Waals surface area contributed by atoms with Gasteiger partial charge in [0, 0.05) is 13.1 Å². The second-order valence-electron chi connectivity index (χ2n) is 6.40. The van der Waals surface area contributed by atoms with Crippen molar-refractivity contribution in [3.05, 3.63) is 108 Å². The van der Waals surface area contributed by atoms with E-state index in [9.17, 15) is 0 Å². The van der Waals surface area contributed by atoms with Gasteiger partial charge in [0.1, 0.15) is 0 Å². The lowest BCUT2D eigenvalue weighted by Crippen LogP contribution is -2.50. The Labute approximate surface area is 149 Å². The van der Waals surface area contributed by atoms with E-state index >= 15 is 0 Å². The fraction of sp³-hybridized carbons (Fsp3) is 0.217. The Kier molecular flexibility index (Phi) is 4.64. The van der Waals surface area contributed by atoms with Crippen LogP contribution in [-0.4, -0.2) is 25.8 Å². The highest BCUT2D eigenvalue weighted by Crippen LogP contribution is 2.43. The molecule has 25 heavy (non-hydrogen) atoms. The summed E-state index contributed by atoms with van der Waals surface area (Å²) >= 11 is 0. The van der Waals surface area contributed by atoms with Gasteiger partial charge in [0.05, 0.1) is 18.1 Å². The molecule has 0 bridgehead atoms. The van der Waals surface area contributed by atoms with E-state index in [2.05, 4.69) is 96.3 Å². The molecule has 1 saturated heterocycles. The van der Waals surface area contributed by atoms with Crippen LogP contribution < -0.4 is 5.32 Å². The lowest BCUT2D eigenvalue weighted by atomic mass is 9.65. The van der Waals surface area contributed by atoms with Gasteiger partial charge in [0.2, 0.25) is 0 Å². The highest BCUT2D eigenvalue weighted by Gasteiger charge is 2.45. The second kappa shape index (κ2) is 7.22. The Morgan fingerprint density at radius 1 is 0.680 bits per heavy atom. The van der Waals surface area contributed by atoms with Crippen LogP contribution in [0.1, 0.15) is 16.7 Å². The minimum Gasteiger partial charge on any atom is -0.374 e. The average molecular weight is 328 g/mol. The van der Waals surface area contributed by atoms with Crippen molar-refractivity contribution in [1.82, 2.24) is 5.32 Å². The van der Waals surface area contributed by atoms with Crippen molar-refractivity contribution >= 4 is 0 Å². The number of hydrogen-bond donors (Lipinski definition) is 0. The van der Waals surface area contributed by atoms with Gasteiger partial charge in [-0.05, 0) is 16.7 Å². The van der Waals surface area contributed by atoms with Gasteiger partial charge in [-0.3, -0.25) is 0 Å². The summed E-state index contributed by atoms with van der Waals surface area (Å²) in [4.78, 5) is 0. The quantitative estimate of drug-likeness (QED) is 0.663. The Bertz CT molecular complexity index is 683. The van der Waals surface area contributed by atoms with E-state index in [1.807, 2.05) is 0 Å². The number of nitrogens with zero attached hydrogens (tertiary/aromatic N) is 1. The van der Waals surface area contributed by atoms with E-state index in [4.69, 9.17) is 4.74 Å². The Balaban J connectivity index is 2.01. The summed E-state index contributed by atoms with van der Waals surface area (Å²) in [7, 11) is 0. The summed E-state index contributed by atoms with van der Waals surface area (Å²) in [5, 5.41) is 4.68. The van der Waals surface area contributed by atoms with E-state index < -0.39 is 0 Å². The van der Waals surface area contributed by atoms with Gasteiger partial charge in [-0.1, -0.05) is 91.0 Å². The lowest BCUT2D eigenvalue weighted by molar-refractivity contribution is -0.00312. The van der Waals surface area contributed by atoms with Gasteiger partial charge in [0.15, 0.2) is 0 Å². The zero-order chi connectivity index (χ0) is 17.0. The smallest absolute Gasteiger partial charge is 0.0894 e. The Morgan fingerprint density at radius 2 is 1.12 bits per heavy atom. The predicted molar refractivity (Wildman–Crippen MR) is 101 cm³/mol. The molecule has 4 rings (SSSR count). The molecule has 125 valence electrons. The standard InChI is InChI=1S/C23H22NO/c1-4-10-19(11-5-1)23(20-12-6-2-7-13-20,21-14-8-3-9-15-21)22-18-24-16-17-25-22/h1-15,22H,16-18H2. The van der Waals surface area contributed by atoms with E-state index in [1.54, 1.807) is 0 Å². The minimum atomic E-state index is -0.367. The fourth-order valence-corrected chi connectivity index (χ4v) is 3.94. The third-order valence-corrected chi connectivity index (χ3v) is 5.03. The molecule has 1 unspecified atom stereocenters. The summed E-state index contributed by atoms with van der Waals surface area (Å²) in [5.41, 5.74) is 3.37. The number of benzene rings is 3. The average Bonchev–Trinajstić information content (AvgIpc) is 2.72. The van der Waals surface area contributed by atoms with Crippen molar-refractivity contribution in [1.29, 1.82) is 0 Å². The summed E-state index contributed by atoms with van der Waals surface area (Å²) in [6.07, 6.45) is -0.0200. The maximum Gasteiger partial charge on any atom is 0.0894 e. The molecule has 1 radical (unpaired) electrons. The molecular formula is C23H22NO. The Hall–Kier alpha value is -2.42. The molecule has 0 amide bonds. The first-order chi connectivity index (χ1) is 12.4. The summed E-state index contributed by atoms with van der Waals surface area (Å²) in [6.45, 7) is 2.17. The first kappa shape index (κ1) is 16.1. The van der Waals surface area contributed by atoms with Gasteiger partial charge in [-0.15, -0.1) is 0 Å². The summed E-state index contributed by atoms with van der Waals surface area (Å²) in [6, 6.07) is 32.1. The van der Waals surface area contributed by atoms with Gasteiger partial charge in [0.25, 0.3) is 0 Å². The molecule has 1 fully saturated rings. The zero-order valence-electron chi connectivity index (χ0n) is 14.2. The van der Waals surface area contributed by atoms with E-state index in [1.165, 1.54) is 16.7 Å². The maximum atomic E-state index is 6.31. The van der Waals surface area contributed by atoms with Crippen molar-refractivity contribution in [2.24, 2.45) is 0 Å². The molecule has 2 nitrogen and oxygen atoms in total. The van der Waals surface area contributed by atoms with Crippen LogP contribution in [-0.2, 0) is 10.2 Å². The molecule has 3 aromatic rings. The molecule has 2 heteroatoms. The van der Waals surface area contributed by atoms with Crippen LogP contribution in [0.3, 0.4) is 0 Å². The van der Waals surface area contributed by atoms with Crippen LogP contribution in [0.2, 0.25) is 0 Å². The van der Waals surface area contributed by atoms with Crippen LogP contribution in [0.25, 0.3) is 0 Å². The van der Waals surface area contributed by atoms with Crippen molar-refractivity contribution in [3.63, 3.8) is 0 Å². The highest BCUT2D eigenvalue weighted by atomic mass is 16.5. The van der Waals surface area contributed by atoms with E-state index in [0.717, 1.165) is 6.54 Å². The minimum absolute atomic E-state index is 0.0200. The molecule has 1 aliphatic heterocycles. The van der Waals surface area contributed by atoms with Gasteiger partial charge < -0.3 is 4.74 Å². The third kappa shape index (κ3) is 2.88. The normalized spacial score (nSPS) is 18.0. The monoisotopic (exact) mass is 328 g/mol. The first-order valence-corrected chi connectivity index (χ1v) is 8.84. The maximum absolute atomic E-state index is 6.31.